The summed E-state index contributed by atoms with van der Waals surface area (Å²) in [5.41, 5.74) is 1.22. The number of nitrogens with zero attached hydrogens (tertiary/aromatic N) is 1. The van der Waals surface area contributed by atoms with Crippen molar-refractivity contribution >= 4 is 16.8 Å². The number of hydrogen-bond donors (Lipinski definition) is 2. The van der Waals surface area contributed by atoms with Crippen LogP contribution in [0.5, 0.6) is 5.75 Å². The van der Waals surface area contributed by atoms with Crippen molar-refractivity contribution in [1.82, 2.24) is 10.6 Å². The van der Waals surface area contributed by atoms with E-state index in [-0.39, 0.29) is 6.61 Å². The van der Waals surface area contributed by atoms with Gasteiger partial charge in [0.05, 0.1) is 0 Å². The second kappa shape index (κ2) is 11.7. The van der Waals surface area contributed by atoms with Gasteiger partial charge in [-0.05, 0) is 43.4 Å². The number of nitrogens with one attached hydrogen (secondary N) is 2. The summed E-state index contributed by atoms with van der Waals surface area (Å²) in [6.07, 6.45) is 10.4. The average molecular weight is 390 g/mol. The first kappa shape index (κ1) is 21.3. The first-order valence-electron chi connectivity index (χ1n) is 9.65. The molecule has 2 rings (SSSR count). The van der Waals surface area contributed by atoms with Crippen molar-refractivity contribution in [1.29, 1.82) is 0 Å². The average Bonchev–Trinajstić information content (AvgIpc) is 2.72. The molecule has 0 heterocycles. The monoisotopic (exact) mass is 389 g/mol. The fourth-order valence-corrected chi connectivity index (χ4v) is 4.69. The first-order valence-corrected chi connectivity index (χ1v) is 11.0. The molecule has 0 spiro atoms. The van der Waals surface area contributed by atoms with E-state index in [1.165, 1.54) is 5.56 Å². The van der Waals surface area contributed by atoms with Crippen molar-refractivity contribution in [2.75, 3.05) is 26.0 Å². The van der Waals surface area contributed by atoms with Crippen molar-refractivity contribution in [2.45, 2.75) is 50.3 Å². The molecule has 148 valence electrons. The van der Waals surface area contributed by atoms with E-state index in [0.29, 0.717) is 11.3 Å². The molecular formula is C21H31N3O2S. The molecule has 1 aliphatic rings. The molecule has 0 radical (unpaired) electrons. The van der Waals surface area contributed by atoms with E-state index in [9.17, 15) is 4.21 Å². The lowest BCUT2D eigenvalue weighted by atomic mass is 9.95. The van der Waals surface area contributed by atoms with Crippen LogP contribution in [0.15, 0.2) is 29.3 Å². The Morgan fingerprint density at radius 2 is 2.15 bits per heavy atom. The van der Waals surface area contributed by atoms with E-state index in [4.69, 9.17) is 11.2 Å². The molecule has 0 saturated heterocycles. The lowest BCUT2D eigenvalue weighted by Gasteiger charge is -2.30. The second-order valence-electron chi connectivity index (χ2n) is 6.69. The Kier molecular flexibility index (Phi) is 9.20. The van der Waals surface area contributed by atoms with Crippen LogP contribution >= 0.6 is 0 Å². The highest BCUT2D eigenvalue weighted by molar-refractivity contribution is 7.85. The largest absolute Gasteiger partial charge is 0.481 e. The van der Waals surface area contributed by atoms with Crippen molar-refractivity contribution in [3.8, 4) is 18.1 Å². The van der Waals surface area contributed by atoms with E-state index in [2.05, 4.69) is 33.7 Å². The SMILES string of the molecule is C#CCOc1ccc(CCNC(=NC)NC2CCCC(S(=O)CC)C2)cc1. The quantitative estimate of drug-likeness (QED) is 0.407. The van der Waals surface area contributed by atoms with Crippen molar-refractivity contribution in [3.63, 3.8) is 0 Å². The van der Waals surface area contributed by atoms with Gasteiger partial charge in [0.25, 0.3) is 0 Å². The molecular weight excluding hydrogens is 358 g/mol. The zero-order valence-electron chi connectivity index (χ0n) is 16.4. The van der Waals surface area contributed by atoms with Crippen LogP contribution in [-0.4, -0.2) is 47.4 Å². The summed E-state index contributed by atoms with van der Waals surface area (Å²) in [4.78, 5) is 4.33. The summed E-state index contributed by atoms with van der Waals surface area (Å²) in [5.74, 6) is 4.81. The summed E-state index contributed by atoms with van der Waals surface area (Å²) in [7, 11) is 1.08. The van der Waals surface area contributed by atoms with E-state index >= 15 is 0 Å². The van der Waals surface area contributed by atoms with Crippen LogP contribution in [0.4, 0.5) is 0 Å². The molecule has 0 bridgehead atoms. The van der Waals surface area contributed by atoms with Gasteiger partial charge in [0.2, 0.25) is 0 Å². The number of aliphatic imine (C=N–C) groups is 1. The van der Waals surface area contributed by atoms with Gasteiger partial charge in [-0.3, -0.25) is 9.20 Å². The molecule has 1 aromatic carbocycles. The molecule has 6 heteroatoms. The fourth-order valence-electron chi connectivity index (χ4n) is 3.34. The lowest BCUT2D eigenvalue weighted by molar-refractivity contribution is 0.370. The molecule has 27 heavy (non-hydrogen) atoms. The smallest absolute Gasteiger partial charge is 0.191 e. The van der Waals surface area contributed by atoms with E-state index < -0.39 is 10.8 Å². The number of guanidine groups is 1. The Hall–Kier alpha value is -2.00. The van der Waals surface area contributed by atoms with Gasteiger partial charge in [-0.15, -0.1) is 6.42 Å². The Morgan fingerprint density at radius 3 is 2.81 bits per heavy atom. The predicted octanol–water partition coefficient (Wildman–Crippen LogP) is 2.49. The number of rotatable bonds is 8. The van der Waals surface area contributed by atoms with Crippen LogP contribution in [0.1, 0.15) is 38.2 Å². The molecule has 1 aliphatic carbocycles. The highest BCUT2D eigenvalue weighted by atomic mass is 32.2. The molecule has 3 unspecified atom stereocenters. The van der Waals surface area contributed by atoms with Gasteiger partial charge in [-0.1, -0.05) is 31.4 Å². The number of hydrogen-bond acceptors (Lipinski definition) is 3. The lowest BCUT2D eigenvalue weighted by Crippen LogP contribution is -2.47. The van der Waals surface area contributed by atoms with Crippen molar-refractivity contribution < 1.29 is 8.95 Å². The summed E-state index contributed by atoms with van der Waals surface area (Å²) < 4.78 is 17.5. The van der Waals surface area contributed by atoms with Gasteiger partial charge in [-0.2, -0.15) is 0 Å². The van der Waals surface area contributed by atoms with Gasteiger partial charge in [-0.25, -0.2) is 0 Å². The minimum atomic E-state index is -0.707. The van der Waals surface area contributed by atoms with E-state index in [1.807, 2.05) is 19.1 Å². The third-order valence-electron chi connectivity index (χ3n) is 4.80. The van der Waals surface area contributed by atoms with Gasteiger partial charge in [0.15, 0.2) is 5.96 Å². The Labute approximate surface area is 165 Å². The minimum Gasteiger partial charge on any atom is -0.481 e. The van der Waals surface area contributed by atoms with Crippen LogP contribution < -0.4 is 15.4 Å². The van der Waals surface area contributed by atoms with Gasteiger partial charge < -0.3 is 15.4 Å². The highest BCUT2D eigenvalue weighted by Crippen LogP contribution is 2.23. The van der Waals surface area contributed by atoms with Gasteiger partial charge in [0.1, 0.15) is 12.4 Å². The molecule has 0 aromatic heterocycles. The number of terminal acetylenes is 1. The maximum absolute atomic E-state index is 12.1. The summed E-state index contributed by atoms with van der Waals surface area (Å²) in [6.45, 7) is 3.08. The summed E-state index contributed by atoms with van der Waals surface area (Å²) in [6, 6.07) is 8.33. The van der Waals surface area contributed by atoms with Crippen LogP contribution in [0.2, 0.25) is 0 Å². The summed E-state index contributed by atoms with van der Waals surface area (Å²) in [5, 5.41) is 7.19. The van der Waals surface area contributed by atoms with Crippen molar-refractivity contribution in [2.24, 2.45) is 4.99 Å². The number of ether oxygens (including phenoxy) is 1. The van der Waals surface area contributed by atoms with E-state index in [0.717, 1.165) is 56.1 Å². The zero-order valence-corrected chi connectivity index (χ0v) is 17.2. The summed E-state index contributed by atoms with van der Waals surface area (Å²) >= 11 is 0. The van der Waals surface area contributed by atoms with Crippen LogP contribution in [0.25, 0.3) is 0 Å². The third kappa shape index (κ3) is 7.26. The van der Waals surface area contributed by atoms with E-state index in [1.54, 1.807) is 7.05 Å². The topological polar surface area (TPSA) is 62.7 Å². The fraction of sp³-hybridized carbons (Fsp3) is 0.571. The molecule has 1 saturated carbocycles. The molecule has 0 aliphatic heterocycles. The Balaban J connectivity index is 1.75. The number of benzene rings is 1. The molecule has 1 fully saturated rings. The predicted molar refractivity (Wildman–Crippen MR) is 114 cm³/mol. The first-order chi connectivity index (χ1) is 13.2. The molecule has 3 atom stereocenters. The molecule has 1 aromatic rings. The Morgan fingerprint density at radius 1 is 1.37 bits per heavy atom. The van der Waals surface area contributed by atoms with Crippen molar-refractivity contribution in [3.05, 3.63) is 29.8 Å². The third-order valence-corrected chi connectivity index (χ3v) is 6.54. The highest BCUT2D eigenvalue weighted by Gasteiger charge is 2.25. The van der Waals surface area contributed by atoms with Crippen LogP contribution in [-0.2, 0) is 17.2 Å². The van der Waals surface area contributed by atoms with Crippen LogP contribution in [0.3, 0.4) is 0 Å². The normalized spacial score (nSPS) is 21.1. The maximum Gasteiger partial charge on any atom is 0.191 e. The standard InChI is InChI=1S/C21H31N3O2S/c1-4-15-26-19-11-9-17(10-12-19)13-14-23-21(22-3)24-18-7-6-8-20(16-18)27(25)5-2/h1,9-12,18,20H,5-8,13-16H2,2-3H3,(H2,22,23,24). The molecule has 0 amide bonds. The minimum absolute atomic E-state index is 0.288. The molecule has 2 N–H and O–H groups in total. The zero-order chi connectivity index (χ0) is 19.5. The van der Waals surface area contributed by atoms with Gasteiger partial charge >= 0.3 is 0 Å². The molecule has 5 nitrogen and oxygen atoms in total. The second-order valence-corrected chi connectivity index (χ2v) is 8.69. The Bertz CT molecular complexity index is 667. The van der Waals surface area contributed by atoms with Gasteiger partial charge in [0, 0.05) is 41.4 Å². The maximum atomic E-state index is 12.1. The van der Waals surface area contributed by atoms with Crippen LogP contribution in [0, 0.1) is 12.3 Å².